The molecule has 112 valence electrons. The van der Waals surface area contributed by atoms with Gasteiger partial charge in [0, 0.05) is 36.1 Å². The zero-order valence-electron chi connectivity index (χ0n) is 13.6. The van der Waals surface area contributed by atoms with Crippen molar-refractivity contribution in [2.24, 2.45) is 23.0 Å². The topological polar surface area (TPSA) is 38.5 Å². The Morgan fingerprint density at radius 3 is 2.53 bits per heavy atom. The molecule has 1 saturated carbocycles. The summed E-state index contributed by atoms with van der Waals surface area (Å²) in [5.41, 5.74) is 6.84. The van der Waals surface area contributed by atoms with Gasteiger partial charge in [-0.3, -0.25) is 0 Å². The molecular formula is C16H32N2O. The largest absolute Gasteiger partial charge is 0.377 e. The van der Waals surface area contributed by atoms with E-state index >= 15 is 0 Å². The summed E-state index contributed by atoms with van der Waals surface area (Å²) in [5.74, 6) is 1.20. The van der Waals surface area contributed by atoms with Crippen LogP contribution in [-0.4, -0.2) is 42.8 Å². The van der Waals surface area contributed by atoms with E-state index in [9.17, 15) is 0 Å². The molecule has 0 bridgehead atoms. The van der Waals surface area contributed by atoms with Crippen molar-refractivity contribution in [1.82, 2.24) is 4.90 Å². The molecule has 0 radical (unpaired) electrons. The molecular weight excluding hydrogens is 236 g/mol. The maximum Gasteiger partial charge on any atom is 0.0690 e. The quantitative estimate of drug-likeness (QED) is 0.851. The smallest absolute Gasteiger partial charge is 0.0690 e. The number of hydrogen-bond donors (Lipinski definition) is 1. The van der Waals surface area contributed by atoms with Gasteiger partial charge in [-0.25, -0.2) is 0 Å². The third kappa shape index (κ3) is 2.24. The molecule has 2 N–H and O–H groups in total. The zero-order chi connectivity index (χ0) is 14.4. The SMILES string of the molecule is CC(C)C(C)N(C)CC1(N)C2CCCOC2C1(C)C. The van der Waals surface area contributed by atoms with Crippen molar-refractivity contribution in [3.05, 3.63) is 0 Å². The lowest BCUT2D eigenvalue weighted by molar-refractivity contribution is -0.232. The molecule has 0 aromatic rings. The molecule has 1 aliphatic carbocycles. The summed E-state index contributed by atoms with van der Waals surface area (Å²) in [6, 6.07) is 0.569. The predicted molar refractivity (Wildman–Crippen MR) is 80.1 cm³/mol. The fraction of sp³-hybridized carbons (Fsp3) is 1.00. The van der Waals surface area contributed by atoms with Crippen molar-refractivity contribution >= 4 is 0 Å². The van der Waals surface area contributed by atoms with Crippen molar-refractivity contribution in [2.45, 2.75) is 65.1 Å². The van der Waals surface area contributed by atoms with Crippen LogP contribution >= 0.6 is 0 Å². The molecule has 0 aromatic carbocycles. The van der Waals surface area contributed by atoms with E-state index in [-0.39, 0.29) is 11.0 Å². The molecule has 3 nitrogen and oxygen atoms in total. The van der Waals surface area contributed by atoms with Crippen LogP contribution in [0.5, 0.6) is 0 Å². The third-order valence-corrected chi connectivity index (χ3v) is 6.07. The van der Waals surface area contributed by atoms with Crippen LogP contribution in [-0.2, 0) is 4.74 Å². The molecule has 1 heterocycles. The molecule has 2 aliphatic rings. The summed E-state index contributed by atoms with van der Waals surface area (Å²) in [7, 11) is 2.21. The van der Waals surface area contributed by atoms with Crippen LogP contribution in [0.1, 0.15) is 47.5 Å². The second kappa shape index (κ2) is 5.01. The Morgan fingerprint density at radius 1 is 1.32 bits per heavy atom. The lowest BCUT2D eigenvalue weighted by atomic mass is 9.46. The third-order valence-electron chi connectivity index (χ3n) is 6.07. The lowest BCUT2D eigenvalue weighted by Gasteiger charge is -2.67. The molecule has 0 amide bonds. The first-order valence-corrected chi connectivity index (χ1v) is 7.82. The Hall–Kier alpha value is -0.120. The van der Waals surface area contributed by atoms with Gasteiger partial charge in [-0.1, -0.05) is 27.7 Å². The Morgan fingerprint density at radius 2 is 1.95 bits per heavy atom. The van der Waals surface area contributed by atoms with Gasteiger partial charge in [0.15, 0.2) is 0 Å². The van der Waals surface area contributed by atoms with Crippen LogP contribution in [0.15, 0.2) is 0 Å². The number of nitrogens with zero attached hydrogens (tertiary/aromatic N) is 1. The Kier molecular flexibility index (Phi) is 4.03. The van der Waals surface area contributed by atoms with Crippen LogP contribution in [0.2, 0.25) is 0 Å². The molecule has 19 heavy (non-hydrogen) atoms. The maximum atomic E-state index is 6.85. The van der Waals surface area contributed by atoms with Crippen LogP contribution in [0, 0.1) is 17.3 Å². The summed E-state index contributed by atoms with van der Waals surface area (Å²) >= 11 is 0. The molecule has 1 aliphatic heterocycles. The van der Waals surface area contributed by atoms with E-state index in [0.717, 1.165) is 13.2 Å². The van der Waals surface area contributed by atoms with Crippen LogP contribution in [0.25, 0.3) is 0 Å². The summed E-state index contributed by atoms with van der Waals surface area (Å²) in [4.78, 5) is 2.44. The van der Waals surface area contributed by atoms with Gasteiger partial charge in [0.05, 0.1) is 6.10 Å². The normalized spacial score (nSPS) is 39.0. The van der Waals surface area contributed by atoms with Gasteiger partial charge < -0.3 is 15.4 Å². The highest BCUT2D eigenvalue weighted by Gasteiger charge is 2.66. The Balaban J connectivity index is 2.09. The molecule has 4 unspecified atom stereocenters. The van der Waals surface area contributed by atoms with Gasteiger partial charge in [0.2, 0.25) is 0 Å². The fourth-order valence-electron chi connectivity index (χ4n) is 4.05. The van der Waals surface area contributed by atoms with E-state index in [1.807, 2.05) is 0 Å². The van der Waals surface area contributed by atoms with E-state index in [1.165, 1.54) is 12.8 Å². The van der Waals surface area contributed by atoms with Gasteiger partial charge in [-0.15, -0.1) is 0 Å². The molecule has 0 spiro atoms. The minimum Gasteiger partial charge on any atom is -0.377 e. The van der Waals surface area contributed by atoms with Crippen molar-refractivity contribution in [3.63, 3.8) is 0 Å². The van der Waals surface area contributed by atoms with Gasteiger partial charge >= 0.3 is 0 Å². The molecule has 2 fully saturated rings. The predicted octanol–water partition coefficient (Wildman–Crippen LogP) is 2.50. The first kappa shape index (κ1) is 15.3. The number of hydrogen-bond acceptors (Lipinski definition) is 3. The summed E-state index contributed by atoms with van der Waals surface area (Å²) in [6.45, 7) is 13.3. The minimum absolute atomic E-state index is 0.0864. The van der Waals surface area contributed by atoms with Crippen molar-refractivity contribution in [2.75, 3.05) is 20.2 Å². The fourth-order valence-corrected chi connectivity index (χ4v) is 4.05. The monoisotopic (exact) mass is 268 g/mol. The number of fused-ring (bicyclic) bond motifs is 1. The second-order valence-corrected chi connectivity index (χ2v) is 7.70. The molecule has 0 aromatic heterocycles. The average molecular weight is 268 g/mol. The molecule has 4 atom stereocenters. The number of rotatable bonds is 4. The van der Waals surface area contributed by atoms with Gasteiger partial charge in [0.25, 0.3) is 0 Å². The van der Waals surface area contributed by atoms with Gasteiger partial charge in [0.1, 0.15) is 0 Å². The van der Waals surface area contributed by atoms with Gasteiger partial charge in [-0.05, 0) is 32.7 Å². The molecule has 2 rings (SSSR count). The maximum absolute atomic E-state index is 6.85. The van der Waals surface area contributed by atoms with Crippen LogP contribution in [0.3, 0.4) is 0 Å². The summed E-state index contributed by atoms with van der Waals surface area (Å²) in [6.07, 6.45) is 2.77. The number of ether oxygens (including phenoxy) is 1. The highest BCUT2D eigenvalue weighted by molar-refractivity contribution is 5.20. The number of nitrogens with two attached hydrogens (primary N) is 1. The number of likely N-dealkylation sites (N-methyl/N-ethyl adjacent to an activating group) is 1. The van der Waals surface area contributed by atoms with Crippen LogP contribution in [0.4, 0.5) is 0 Å². The Bertz CT molecular complexity index is 329. The highest BCUT2D eigenvalue weighted by atomic mass is 16.5. The van der Waals surface area contributed by atoms with E-state index in [2.05, 4.69) is 46.6 Å². The first-order chi connectivity index (χ1) is 8.72. The summed E-state index contributed by atoms with van der Waals surface area (Å²) in [5, 5.41) is 0. The van der Waals surface area contributed by atoms with Crippen molar-refractivity contribution in [3.8, 4) is 0 Å². The zero-order valence-corrected chi connectivity index (χ0v) is 13.6. The van der Waals surface area contributed by atoms with Crippen molar-refractivity contribution < 1.29 is 4.74 Å². The molecule has 1 saturated heterocycles. The lowest BCUT2D eigenvalue weighted by Crippen LogP contribution is -2.80. The summed E-state index contributed by atoms with van der Waals surface area (Å²) < 4.78 is 5.98. The standard InChI is InChI=1S/C16H32N2O/c1-11(2)12(3)18(6)10-16(17)13-8-7-9-19-14(13)15(16,4)5/h11-14H,7-10,17H2,1-6H3. The van der Waals surface area contributed by atoms with E-state index in [0.29, 0.717) is 24.0 Å². The highest BCUT2D eigenvalue weighted by Crippen LogP contribution is 2.57. The van der Waals surface area contributed by atoms with E-state index in [1.54, 1.807) is 0 Å². The Labute approximate surface area is 118 Å². The van der Waals surface area contributed by atoms with Crippen molar-refractivity contribution in [1.29, 1.82) is 0 Å². The molecule has 3 heteroatoms. The first-order valence-electron chi connectivity index (χ1n) is 7.82. The van der Waals surface area contributed by atoms with E-state index < -0.39 is 0 Å². The van der Waals surface area contributed by atoms with E-state index in [4.69, 9.17) is 10.5 Å². The second-order valence-electron chi connectivity index (χ2n) is 7.70. The minimum atomic E-state index is -0.101. The van der Waals surface area contributed by atoms with Gasteiger partial charge in [-0.2, -0.15) is 0 Å². The average Bonchev–Trinajstić information content (AvgIpc) is 2.37. The van der Waals surface area contributed by atoms with Crippen LogP contribution < -0.4 is 5.73 Å².